The van der Waals surface area contributed by atoms with E-state index in [4.69, 9.17) is 16.3 Å². The van der Waals surface area contributed by atoms with Gasteiger partial charge < -0.3 is 10.1 Å². The summed E-state index contributed by atoms with van der Waals surface area (Å²) in [4.78, 5) is 24.4. The number of aryl methyl sites for hydroxylation is 2. The van der Waals surface area contributed by atoms with Crippen molar-refractivity contribution < 1.29 is 18.7 Å². The highest BCUT2D eigenvalue weighted by Crippen LogP contribution is 2.24. The van der Waals surface area contributed by atoms with E-state index >= 15 is 0 Å². The van der Waals surface area contributed by atoms with Gasteiger partial charge in [-0.2, -0.15) is 0 Å². The zero-order chi connectivity index (χ0) is 18.0. The largest absolute Gasteiger partial charge is 0.449 e. The van der Waals surface area contributed by atoms with E-state index < -0.39 is 23.8 Å². The van der Waals surface area contributed by atoms with Crippen LogP contribution in [0.2, 0.25) is 5.02 Å². The molecular weight excluding hydrogens is 345 g/mol. The summed E-state index contributed by atoms with van der Waals surface area (Å²) >= 11 is 5.87. The van der Waals surface area contributed by atoms with Gasteiger partial charge in [-0.3, -0.25) is 4.79 Å². The average Bonchev–Trinajstić information content (AvgIpc) is 3.04. The zero-order valence-electron chi connectivity index (χ0n) is 13.6. The van der Waals surface area contributed by atoms with Crippen LogP contribution in [0.3, 0.4) is 0 Å². The molecule has 3 rings (SSSR count). The molecule has 2 aromatic rings. The molecule has 25 heavy (non-hydrogen) atoms. The van der Waals surface area contributed by atoms with Gasteiger partial charge in [0.15, 0.2) is 6.10 Å². The highest BCUT2D eigenvalue weighted by molar-refractivity contribution is 6.33. The number of rotatable bonds is 4. The van der Waals surface area contributed by atoms with Crippen LogP contribution in [-0.2, 0) is 22.4 Å². The van der Waals surface area contributed by atoms with Crippen LogP contribution in [0.5, 0.6) is 0 Å². The van der Waals surface area contributed by atoms with Crippen molar-refractivity contribution in [1.29, 1.82) is 0 Å². The predicted molar refractivity (Wildman–Crippen MR) is 93.4 cm³/mol. The number of carbonyl (C=O) groups is 2. The molecule has 0 bridgehead atoms. The molecule has 0 saturated heterocycles. The second kappa shape index (κ2) is 7.23. The first-order valence-electron chi connectivity index (χ1n) is 8.03. The lowest BCUT2D eigenvalue weighted by Crippen LogP contribution is -2.30. The fraction of sp³-hybridized carbons (Fsp3) is 0.263. The third-order valence-electron chi connectivity index (χ3n) is 4.18. The molecule has 6 heteroatoms. The van der Waals surface area contributed by atoms with E-state index in [9.17, 15) is 14.0 Å². The Kier molecular flexibility index (Phi) is 5.04. The number of fused-ring (bicyclic) bond motifs is 1. The van der Waals surface area contributed by atoms with Gasteiger partial charge in [0, 0.05) is 0 Å². The number of esters is 1. The van der Waals surface area contributed by atoms with Gasteiger partial charge in [0.25, 0.3) is 5.91 Å². The Morgan fingerprint density at radius 1 is 1.16 bits per heavy atom. The number of hydrogen-bond acceptors (Lipinski definition) is 3. The molecule has 0 fully saturated rings. The van der Waals surface area contributed by atoms with E-state index in [-0.39, 0.29) is 10.7 Å². The molecule has 0 radical (unpaired) electrons. The lowest BCUT2D eigenvalue weighted by atomic mass is 10.1. The van der Waals surface area contributed by atoms with E-state index in [0.29, 0.717) is 5.56 Å². The number of carbonyl (C=O) groups excluding carboxylic acids is 2. The number of amides is 1. The Balaban J connectivity index is 1.63. The molecule has 2 aromatic carbocycles. The number of hydrogen-bond donors (Lipinski definition) is 1. The van der Waals surface area contributed by atoms with Crippen LogP contribution in [0.1, 0.15) is 34.8 Å². The summed E-state index contributed by atoms with van der Waals surface area (Å²) in [7, 11) is 0. The smallest absolute Gasteiger partial charge is 0.338 e. The summed E-state index contributed by atoms with van der Waals surface area (Å²) in [6.45, 7) is 1.47. The van der Waals surface area contributed by atoms with Crippen molar-refractivity contribution in [3.05, 3.63) is 63.9 Å². The highest BCUT2D eigenvalue weighted by atomic mass is 35.5. The molecule has 130 valence electrons. The van der Waals surface area contributed by atoms with Crippen LogP contribution in [0.4, 0.5) is 10.1 Å². The van der Waals surface area contributed by atoms with Crippen LogP contribution in [0.15, 0.2) is 36.4 Å². The minimum absolute atomic E-state index is 0.0745. The lowest BCUT2D eigenvalue weighted by Gasteiger charge is -2.14. The Bertz CT molecular complexity index is 837. The summed E-state index contributed by atoms with van der Waals surface area (Å²) in [6, 6.07) is 9.10. The maximum Gasteiger partial charge on any atom is 0.338 e. The first-order valence-corrected chi connectivity index (χ1v) is 8.40. The normalized spacial score (nSPS) is 13.9. The number of ether oxygens (including phenoxy) is 1. The van der Waals surface area contributed by atoms with E-state index in [1.807, 2.05) is 12.1 Å². The van der Waals surface area contributed by atoms with Crippen molar-refractivity contribution in [1.82, 2.24) is 0 Å². The Hall–Kier alpha value is -2.40. The third kappa shape index (κ3) is 3.99. The Labute approximate surface area is 149 Å². The molecule has 1 aliphatic rings. The van der Waals surface area contributed by atoms with Crippen LogP contribution in [-0.4, -0.2) is 18.0 Å². The molecule has 0 spiro atoms. The first-order chi connectivity index (χ1) is 11.9. The number of nitrogens with one attached hydrogen (secondary N) is 1. The Morgan fingerprint density at radius 3 is 2.68 bits per heavy atom. The molecule has 0 saturated carbocycles. The van der Waals surface area contributed by atoms with Crippen molar-refractivity contribution in [2.24, 2.45) is 0 Å². The fourth-order valence-electron chi connectivity index (χ4n) is 2.81. The number of anilines is 1. The number of halogens is 2. The van der Waals surface area contributed by atoms with Crippen LogP contribution in [0, 0.1) is 5.82 Å². The van der Waals surface area contributed by atoms with Gasteiger partial charge in [-0.1, -0.05) is 17.7 Å². The summed E-state index contributed by atoms with van der Waals surface area (Å²) in [5.74, 6) is -1.59. The Morgan fingerprint density at radius 2 is 1.92 bits per heavy atom. The molecule has 1 amide bonds. The molecule has 1 atom stereocenters. The van der Waals surface area contributed by atoms with Crippen molar-refractivity contribution in [3.8, 4) is 0 Å². The molecular formula is C19H17ClFNO3. The SMILES string of the molecule is C[C@H](OC(=O)c1ccc2c(c1)CCC2)C(=O)Nc1ccc(F)cc1Cl. The first kappa shape index (κ1) is 17.4. The molecule has 0 aliphatic heterocycles. The van der Waals surface area contributed by atoms with Gasteiger partial charge in [0.05, 0.1) is 16.3 Å². The minimum Gasteiger partial charge on any atom is -0.449 e. The third-order valence-corrected chi connectivity index (χ3v) is 4.49. The van der Waals surface area contributed by atoms with Crippen molar-refractivity contribution >= 4 is 29.2 Å². The monoisotopic (exact) mass is 361 g/mol. The van der Waals surface area contributed by atoms with Crippen molar-refractivity contribution in [3.63, 3.8) is 0 Å². The molecule has 1 N–H and O–H groups in total. The molecule has 0 heterocycles. The highest BCUT2D eigenvalue weighted by Gasteiger charge is 2.21. The van der Waals surface area contributed by atoms with Gasteiger partial charge in [0.1, 0.15) is 5.82 Å². The van der Waals surface area contributed by atoms with E-state index in [2.05, 4.69) is 5.32 Å². The molecule has 4 nitrogen and oxygen atoms in total. The number of benzene rings is 2. The van der Waals surface area contributed by atoms with Gasteiger partial charge in [-0.25, -0.2) is 9.18 Å². The quantitative estimate of drug-likeness (QED) is 0.832. The van der Waals surface area contributed by atoms with Gasteiger partial charge in [-0.05, 0) is 67.6 Å². The lowest BCUT2D eigenvalue weighted by molar-refractivity contribution is -0.123. The van der Waals surface area contributed by atoms with Crippen LogP contribution < -0.4 is 5.32 Å². The van der Waals surface area contributed by atoms with E-state index in [1.165, 1.54) is 24.6 Å². The maximum atomic E-state index is 13.0. The molecule has 0 aromatic heterocycles. The topological polar surface area (TPSA) is 55.4 Å². The summed E-state index contributed by atoms with van der Waals surface area (Å²) < 4.78 is 18.3. The summed E-state index contributed by atoms with van der Waals surface area (Å²) in [5.41, 5.74) is 3.10. The minimum atomic E-state index is -1.01. The van der Waals surface area contributed by atoms with Crippen LogP contribution >= 0.6 is 11.6 Å². The predicted octanol–water partition coefficient (Wildman–Crippen LogP) is 4.15. The zero-order valence-corrected chi connectivity index (χ0v) is 14.4. The fourth-order valence-corrected chi connectivity index (χ4v) is 3.02. The standard InChI is InChI=1S/C19H17ClFNO3/c1-11(18(23)22-17-8-7-15(21)10-16(17)20)25-19(24)14-6-5-12-3-2-4-13(12)9-14/h5-11H,2-4H2,1H3,(H,22,23)/t11-/m0/s1. The van der Waals surface area contributed by atoms with E-state index in [1.54, 1.807) is 6.07 Å². The van der Waals surface area contributed by atoms with Gasteiger partial charge in [-0.15, -0.1) is 0 Å². The van der Waals surface area contributed by atoms with Gasteiger partial charge >= 0.3 is 5.97 Å². The van der Waals surface area contributed by atoms with Crippen LogP contribution in [0.25, 0.3) is 0 Å². The second-order valence-electron chi connectivity index (χ2n) is 6.00. The summed E-state index contributed by atoms with van der Waals surface area (Å²) in [6.07, 6.45) is 2.06. The summed E-state index contributed by atoms with van der Waals surface area (Å²) in [5, 5.41) is 2.60. The molecule has 1 aliphatic carbocycles. The maximum absolute atomic E-state index is 13.0. The van der Waals surface area contributed by atoms with Crippen molar-refractivity contribution in [2.75, 3.05) is 5.32 Å². The second-order valence-corrected chi connectivity index (χ2v) is 6.41. The molecule has 0 unspecified atom stereocenters. The van der Waals surface area contributed by atoms with Crippen molar-refractivity contribution in [2.45, 2.75) is 32.3 Å². The average molecular weight is 362 g/mol. The van der Waals surface area contributed by atoms with Gasteiger partial charge in [0.2, 0.25) is 0 Å². The van der Waals surface area contributed by atoms with E-state index in [0.717, 1.165) is 30.9 Å².